The highest BCUT2D eigenvalue weighted by Gasteiger charge is 2.02. The Kier molecular flexibility index (Phi) is 8.67. The number of unbranched alkanes of at least 4 members (excludes halogenated alkanes) is 5. The van der Waals surface area contributed by atoms with Gasteiger partial charge in [0.25, 0.3) is 5.91 Å². The van der Waals surface area contributed by atoms with E-state index in [4.69, 9.17) is 10.6 Å². The molecule has 1 aromatic carbocycles. The molecule has 0 radical (unpaired) electrons. The molecule has 112 valence electrons. The van der Waals surface area contributed by atoms with Crippen LogP contribution in [0.15, 0.2) is 24.3 Å². The molecule has 4 nitrogen and oxygen atoms in total. The van der Waals surface area contributed by atoms with E-state index in [-0.39, 0.29) is 5.91 Å². The fraction of sp³-hybridized carbons (Fsp3) is 0.562. The third-order valence-electron chi connectivity index (χ3n) is 3.26. The number of ether oxygens (including phenoxy) is 1. The number of nitrogens with one attached hydrogen (secondary N) is 1. The van der Waals surface area contributed by atoms with Crippen LogP contribution in [-0.2, 0) is 11.3 Å². The molecule has 0 aliphatic rings. The molecule has 0 bridgehead atoms. The lowest BCUT2D eigenvalue weighted by atomic mass is 10.1. The summed E-state index contributed by atoms with van der Waals surface area (Å²) in [6.07, 6.45) is 7.63. The molecule has 0 saturated heterocycles. The number of hydrazine groups is 1. The molecule has 0 saturated carbocycles. The third-order valence-corrected chi connectivity index (χ3v) is 3.26. The van der Waals surface area contributed by atoms with Crippen LogP contribution >= 0.6 is 0 Å². The van der Waals surface area contributed by atoms with Gasteiger partial charge in [0, 0.05) is 12.2 Å². The van der Waals surface area contributed by atoms with Crippen LogP contribution in [0.1, 0.15) is 61.4 Å². The van der Waals surface area contributed by atoms with E-state index >= 15 is 0 Å². The summed E-state index contributed by atoms with van der Waals surface area (Å²) in [6, 6.07) is 7.30. The van der Waals surface area contributed by atoms with Crippen LogP contribution in [0.4, 0.5) is 0 Å². The standard InChI is InChI=1S/C16H26N2O2/c1-2-3-4-5-6-7-12-20-13-14-8-10-15(11-9-14)16(19)18-17/h8-11H,2-7,12-13,17H2,1H3,(H,18,19). The van der Waals surface area contributed by atoms with Gasteiger partial charge in [-0.3, -0.25) is 10.2 Å². The fourth-order valence-corrected chi connectivity index (χ4v) is 2.01. The average Bonchev–Trinajstić information content (AvgIpc) is 2.50. The lowest BCUT2D eigenvalue weighted by Gasteiger charge is -2.05. The van der Waals surface area contributed by atoms with E-state index in [9.17, 15) is 4.79 Å². The molecule has 0 fully saturated rings. The van der Waals surface area contributed by atoms with Gasteiger partial charge in [0.15, 0.2) is 0 Å². The van der Waals surface area contributed by atoms with Gasteiger partial charge in [0.2, 0.25) is 0 Å². The minimum atomic E-state index is -0.274. The molecule has 0 spiro atoms. The van der Waals surface area contributed by atoms with Gasteiger partial charge in [-0.15, -0.1) is 0 Å². The highest BCUT2D eigenvalue weighted by Crippen LogP contribution is 2.08. The monoisotopic (exact) mass is 278 g/mol. The first-order valence-corrected chi connectivity index (χ1v) is 7.45. The first-order valence-electron chi connectivity index (χ1n) is 7.45. The molecule has 0 aliphatic heterocycles. The predicted molar refractivity (Wildman–Crippen MR) is 81.1 cm³/mol. The molecule has 0 aliphatic carbocycles. The van der Waals surface area contributed by atoms with Crippen LogP contribution in [0, 0.1) is 0 Å². The Balaban J connectivity index is 2.11. The normalized spacial score (nSPS) is 10.5. The SMILES string of the molecule is CCCCCCCCOCc1ccc(C(=O)NN)cc1. The van der Waals surface area contributed by atoms with Crippen LogP contribution in [0.3, 0.4) is 0 Å². The lowest BCUT2D eigenvalue weighted by molar-refractivity contribution is 0.0953. The Hall–Kier alpha value is -1.39. The summed E-state index contributed by atoms with van der Waals surface area (Å²) in [5, 5.41) is 0. The summed E-state index contributed by atoms with van der Waals surface area (Å²) in [5.74, 6) is 4.80. The molecule has 20 heavy (non-hydrogen) atoms. The van der Waals surface area contributed by atoms with Gasteiger partial charge in [-0.25, -0.2) is 5.84 Å². The number of nitrogens with two attached hydrogens (primary N) is 1. The summed E-state index contributed by atoms with van der Waals surface area (Å²) in [4.78, 5) is 11.3. The quantitative estimate of drug-likeness (QED) is 0.299. The van der Waals surface area contributed by atoms with Crippen molar-refractivity contribution >= 4 is 5.91 Å². The van der Waals surface area contributed by atoms with E-state index in [0.717, 1.165) is 18.6 Å². The van der Waals surface area contributed by atoms with Gasteiger partial charge in [-0.05, 0) is 24.1 Å². The highest BCUT2D eigenvalue weighted by molar-refractivity contribution is 5.93. The van der Waals surface area contributed by atoms with Gasteiger partial charge >= 0.3 is 0 Å². The smallest absolute Gasteiger partial charge is 0.265 e. The molecular formula is C16H26N2O2. The van der Waals surface area contributed by atoms with Crippen molar-refractivity contribution in [1.82, 2.24) is 5.43 Å². The number of carbonyl (C=O) groups excluding carboxylic acids is 1. The molecule has 0 aromatic heterocycles. The first-order chi connectivity index (χ1) is 9.77. The number of carbonyl (C=O) groups is 1. The van der Waals surface area contributed by atoms with Crippen LogP contribution in [0.5, 0.6) is 0 Å². The van der Waals surface area contributed by atoms with Crippen molar-refractivity contribution in [3.05, 3.63) is 35.4 Å². The van der Waals surface area contributed by atoms with Crippen molar-refractivity contribution in [3.8, 4) is 0 Å². The van der Waals surface area contributed by atoms with E-state index in [0.29, 0.717) is 12.2 Å². The van der Waals surface area contributed by atoms with E-state index in [1.54, 1.807) is 12.1 Å². The zero-order chi connectivity index (χ0) is 14.6. The van der Waals surface area contributed by atoms with Crippen molar-refractivity contribution in [1.29, 1.82) is 0 Å². The Bertz CT molecular complexity index is 377. The van der Waals surface area contributed by atoms with E-state index < -0.39 is 0 Å². The van der Waals surface area contributed by atoms with Gasteiger partial charge in [-0.1, -0.05) is 51.2 Å². The average molecular weight is 278 g/mol. The maximum Gasteiger partial charge on any atom is 0.265 e. The molecule has 1 amide bonds. The molecule has 0 atom stereocenters. The predicted octanol–water partition coefficient (Wildman–Crippen LogP) is 3.17. The van der Waals surface area contributed by atoms with Gasteiger partial charge in [-0.2, -0.15) is 0 Å². The second kappa shape index (κ2) is 10.4. The molecule has 0 unspecified atom stereocenters. The van der Waals surface area contributed by atoms with Crippen molar-refractivity contribution < 1.29 is 9.53 Å². The first kappa shape index (κ1) is 16.7. The molecular weight excluding hydrogens is 252 g/mol. The molecule has 3 N–H and O–H groups in total. The van der Waals surface area contributed by atoms with Gasteiger partial charge < -0.3 is 4.74 Å². The topological polar surface area (TPSA) is 64.3 Å². The zero-order valence-corrected chi connectivity index (χ0v) is 12.4. The maximum atomic E-state index is 11.3. The van der Waals surface area contributed by atoms with E-state index in [1.165, 1.54) is 32.1 Å². The minimum absolute atomic E-state index is 0.274. The molecule has 1 rings (SSSR count). The lowest BCUT2D eigenvalue weighted by Crippen LogP contribution is -2.29. The highest BCUT2D eigenvalue weighted by atomic mass is 16.5. The third kappa shape index (κ3) is 6.68. The van der Waals surface area contributed by atoms with Crippen molar-refractivity contribution in [2.24, 2.45) is 5.84 Å². The van der Waals surface area contributed by atoms with Gasteiger partial charge in [0.05, 0.1) is 6.61 Å². The van der Waals surface area contributed by atoms with Crippen LogP contribution in [-0.4, -0.2) is 12.5 Å². The Morgan fingerprint density at radius 2 is 1.75 bits per heavy atom. The van der Waals surface area contributed by atoms with Crippen molar-refractivity contribution in [2.45, 2.75) is 52.1 Å². The fourth-order valence-electron chi connectivity index (χ4n) is 2.01. The number of benzene rings is 1. The van der Waals surface area contributed by atoms with E-state index in [1.807, 2.05) is 12.1 Å². The van der Waals surface area contributed by atoms with E-state index in [2.05, 4.69) is 12.3 Å². The maximum absolute atomic E-state index is 11.3. The van der Waals surface area contributed by atoms with Crippen LogP contribution < -0.4 is 11.3 Å². The number of amides is 1. The zero-order valence-electron chi connectivity index (χ0n) is 12.4. The number of hydrogen-bond donors (Lipinski definition) is 2. The van der Waals surface area contributed by atoms with Crippen molar-refractivity contribution in [2.75, 3.05) is 6.61 Å². The second-order valence-corrected chi connectivity index (χ2v) is 4.99. The summed E-state index contributed by atoms with van der Waals surface area (Å²) in [7, 11) is 0. The summed E-state index contributed by atoms with van der Waals surface area (Å²) in [5.41, 5.74) is 3.75. The summed E-state index contributed by atoms with van der Waals surface area (Å²) in [6.45, 7) is 3.63. The van der Waals surface area contributed by atoms with Gasteiger partial charge in [0.1, 0.15) is 0 Å². The summed E-state index contributed by atoms with van der Waals surface area (Å²) >= 11 is 0. The number of hydrogen-bond acceptors (Lipinski definition) is 3. The minimum Gasteiger partial charge on any atom is -0.377 e. The Labute approximate surface area is 121 Å². The summed E-state index contributed by atoms with van der Waals surface area (Å²) < 4.78 is 5.63. The van der Waals surface area contributed by atoms with Crippen LogP contribution in [0.2, 0.25) is 0 Å². The largest absolute Gasteiger partial charge is 0.377 e. The Morgan fingerprint density at radius 1 is 1.10 bits per heavy atom. The molecule has 0 heterocycles. The van der Waals surface area contributed by atoms with Crippen molar-refractivity contribution in [3.63, 3.8) is 0 Å². The molecule has 4 heteroatoms. The Morgan fingerprint density at radius 3 is 2.40 bits per heavy atom. The molecule has 1 aromatic rings. The second-order valence-electron chi connectivity index (χ2n) is 4.99. The number of rotatable bonds is 10. The number of nitrogen functional groups attached to an aromatic ring is 1. The van der Waals surface area contributed by atoms with Crippen LogP contribution in [0.25, 0.3) is 0 Å².